The number of carbonyl (C=O) groups excluding carboxylic acids is 1. The number of halogens is 2. The molecule has 7 heteroatoms. The maximum absolute atomic E-state index is 13.2. The summed E-state index contributed by atoms with van der Waals surface area (Å²) in [5.41, 5.74) is 1.15. The quantitative estimate of drug-likeness (QED) is 0.334. The van der Waals surface area contributed by atoms with E-state index in [0.29, 0.717) is 23.1 Å². The molecule has 1 heterocycles. The number of hydrogen-bond acceptors (Lipinski definition) is 4. The first-order valence-electron chi connectivity index (χ1n) is 8.26. The lowest BCUT2D eigenvalue weighted by atomic mass is 10.1. The highest BCUT2D eigenvalue weighted by molar-refractivity contribution is 8.00. The van der Waals surface area contributed by atoms with Gasteiger partial charge in [0.25, 0.3) is 0 Å². The van der Waals surface area contributed by atoms with Crippen molar-refractivity contribution in [3.05, 3.63) is 78.4 Å². The van der Waals surface area contributed by atoms with Gasteiger partial charge in [-0.3, -0.25) is 9.36 Å². The van der Waals surface area contributed by atoms with Crippen LogP contribution in [0.3, 0.4) is 0 Å². The summed E-state index contributed by atoms with van der Waals surface area (Å²) in [5.74, 6) is -0.279. The van der Waals surface area contributed by atoms with Crippen LogP contribution in [-0.4, -0.2) is 25.8 Å². The number of Topliss-reactive ketones (excluding diaryl/α,β-unsaturated/α-hetero) is 1. The maximum Gasteiger partial charge on any atom is 0.192 e. The summed E-state index contributed by atoms with van der Waals surface area (Å²) in [6.45, 7) is 5.96. The molecule has 138 valence electrons. The highest BCUT2D eigenvalue weighted by atomic mass is 32.2. The standard InChI is InChI=1S/C20H17F2N3OS/c1-3-12-25-19(15-6-10-17(22)11-7-15)23-24-20(25)27-13(2)18(26)14-4-8-16(21)9-5-14/h3-11,13H,1,12H2,2H3/t13-/m1/s1. The second-order valence-electron chi connectivity index (χ2n) is 5.84. The molecule has 1 aromatic heterocycles. The van der Waals surface area contributed by atoms with Gasteiger partial charge in [-0.2, -0.15) is 0 Å². The van der Waals surface area contributed by atoms with Crippen LogP contribution in [0.5, 0.6) is 0 Å². The molecule has 2 aromatic carbocycles. The third kappa shape index (κ3) is 4.31. The Morgan fingerprint density at radius 1 is 1.11 bits per heavy atom. The largest absolute Gasteiger partial charge is 0.298 e. The monoisotopic (exact) mass is 385 g/mol. The van der Waals surface area contributed by atoms with E-state index in [4.69, 9.17) is 0 Å². The number of ketones is 1. The van der Waals surface area contributed by atoms with Gasteiger partial charge in [0.1, 0.15) is 11.6 Å². The van der Waals surface area contributed by atoms with E-state index in [-0.39, 0.29) is 17.4 Å². The zero-order valence-corrected chi connectivity index (χ0v) is 15.4. The molecule has 0 aliphatic heterocycles. The van der Waals surface area contributed by atoms with E-state index in [1.165, 1.54) is 48.2 Å². The van der Waals surface area contributed by atoms with E-state index in [1.807, 2.05) is 4.57 Å². The molecule has 0 saturated carbocycles. The number of benzene rings is 2. The van der Waals surface area contributed by atoms with Crippen LogP contribution in [-0.2, 0) is 6.54 Å². The van der Waals surface area contributed by atoms with Gasteiger partial charge in [0.15, 0.2) is 16.8 Å². The second kappa shape index (κ2) is 8.26. The minimum atomic E-state index is -0.440. The third-order valence-electron chi connectivity index (χ3n) is 3.91. The van der Waals surface area contributed by atoms with Crippen LogP contribution in [0.2, 0.25) is 0 Å². The lowest BCUT2D eigenvalue weighted by Crippen LogP contribution is -2.15. The Labute approximate surface area is 159 Å². The second-order valence-corrected chi connectivity index (χ2v) is 7.15. The molecule has 0 radical (unpaired) electrons. The Kier molecular flexibility index (Phi) is 5.81. The van der Waals surface area contributed by atoms with Crippen LogP contribution in [0.15, 0.2) is 66.3 Å². The Bertz CT molecular complexity index is 952. The minimum Gasteiger partial charge on any atom is -0.298 e. The molecule has 0 spiro atoms. The van der Waals surface area contributed by atoms with Gasteiger partial charge in [0.05, 0.1) is 5.25 Å². The Morgan fingerprint density at radius 2 is 1.70 bits per heavy atom. The van der Waals surface area contributed by atoms with Crippen LogP contribution in [0.25, 0.3) is 11.4 Å². The molecule has 0 unspecified atom stereocenters. The van der Waals surface area contributed by atoms with Crippen molar-refractivity contribution in [3.8, 4) is 11.4 Å². The smallest absolute Gasteiger partial charge is 0.192 e. The number of aromatic nitrogens is 3. The Morgan fingerprint density at radius 3 is 2.30 bits per heavy atom. The molecule has 3 rings (SSSR count). The van der Waals surface area contributed by atoms with Crippen LogP contribution in [0.4, 0.5) is 8.78 Å². The average molecular weight is 385 g/mol. The predicted molar refractivity (Wildman–Crippen MR) is 102 cm³/mol. The zero-order valence-electron chi connectivity index (χ0n) is 14.6. The van der Waals surface area contributed by atoms with E-state index >= 15 is 0 Å². The van der Waals surface area contributed by atoms with Crippen LogP contribution >= 0.6 is 11.8 Å². The summed E-state index contributed by atoms with van der Waals surface area (Å²) in [6, 6.07) is 11.4. The molecule has 0 N–H and O–H groups in total. The normalized spacial score (nSPS) is 12.0. The molecule has 1 atom stereocenters. The first kappa shape index (κ1) is 19.0. The van der Waals surface area contributed by atoms with Crippen molar-refractivity contribution in [2.45, 2.75) is 23.9 Å². The number of thioether (sulfide) groups is 1. The van der Waals surface area contributed by atoms with E-state index < -0.39 is 5.25 Å². The maximum atomic E-state index is 13.2. The molecule has 0 bridgehead atoms. The fraction of sp³-hybridized carbons (Fsp3) is 0.150. The van der Waals surface area contributed by atoms with Gasteiger partial charge >= 0.3 is 0 Å². The SMILES string of the molecule is C=CCn1c(S[C@H](C)C(=O)c2ccc(F)cc2)nnc1-c1ccc(F)cc1. The molecular formula is C20H17F2N3OS. The minimum absolute atomic E-state index is 0.128. The van der Waals surface area contributed by atoms with E-state index in [1.54, 1.807) is 25.1 Å². The van der Waals surface area contributed by atoms with E-state index in [9.17, 15) is 13.6 Å². The highest BCUT2D eigenvalue weighted by Crippen LogP contribution is 2.28. The number of rotatable bonds is 7. The van der Waals surface area contributed by atoms with Gasteiger partial charge in [-0.05, 0) is 55.5 Å². The number of carbonyl (C=O) groups is 1. The fourth-order valence-electron chi connectivity index (χ4n) is 2.54. The first-order valence-corrected chi connectivity index (χ1v) is 9.14. The first-order chi connectivity index (χ1) is 13.0. The van der Waals surface area contributed by atoms with Crippen LogP contribution < -0.4 is 0 Å². The summed E-state index contributed by atoms with van der Waals surface area (Å²) in [7, 11) is 0. The lowest BCUT2D eigenvalue weighted by Gasteiger charge is -2.12. The van der Waals surface area contributed by atoms with Crippen molar-refractivity contribution in [3.63, 3.8) is 0 Å². The van der Waals surface area contributed by atoms with Gasteiger partial charge in [0.2, 0.25) is 0 Å². The van der Waals surface area contributed by atoms with Gasteiger partial charge < -0.3 is 0 Å². The molecule has 0 saturated heterocycles. The van der Waals surface area contributed by atoms with Crippen molar-refractivity contribution in [1.82, 2.24) is 14.8 Å². The molecule has 0 aliphatic rings. The summed E-state index contributed by atoms with van der Waals surface area (Å²) in [4.78, 5) is 12.6. The van der Waals surface area contributed by atoms with Gasteiger partial charge in [-0.25, -0.2) is 8.78 Å². The highest BCUT2D eigenvalue weighted by Gasteiger charge is 2.21. The molecule has 0 fully saturated rings. The van der Waals surface area contributed by atoms with Crippen molar-refractivity contribution in [2.75, 3.05) is 0 Å². The van der Waals surface area contributed by atoms with Gasteiger partial charge in [-0.15, -0.1) is 16.8 Å². The van der Waals surface area contributed by atoms with Crippen LogP contribution in [0.1, 0.15) is 17.3 Å². The molecule has 0 aliphatic carbocycles. The fourth-order valence-corrected chi connectivity index (χ4v) is 3.48. The number of nitrogens with zero attached hydrogens (tertiary/aromatic N) is 3. The molecule has 0 amide bonds. The van der Waals surface area contributed by atoms with Gasteiger partial charge in [-0.1, -0.05) is 17.8 Å². The summed E-state index contributed by atoms with van der Waals surface area (Å²) >= 11 is 1.26. The molecular weight excluding hydrogens is 368 g/mol. The number of allylic oxidation sites excluding steroid dienone is 1. The Balaban J connectivity index is 1.85. The summed E-state index contributed by atoms with van der Waals surface area (Å²) in [6.07, 6.45) is 1.70. The van der Waals surface area contributed by atoms with E-state index in [2.05, 4.69) is 16.8 Å². The zero-order chi connectivity index (χ0) is 19.4. The van der Waals surface area contributed by atoms with Crippen LogP contribution in [0, 0.1) is 11.6 Å². The van der Waals surface area contributed by atoms with Crippen molar-refractivity contribution >= 4 is 17.5 Å². The molecule has 3 aromatic rings. The predicted octanol–water partition coefficient (Wildman–Crippen LogP) is 4.77. The van der Waals surface area contributed by atoms with Crippen molar-refractivity contribution in [2.24, 2.45) is 0 Å². The summed E-state index contributed by atoms with van der Waals surface area (Å²) < 4.78 is 28.1. The van der Waals surface area contributed by atoms with Gasteiger partial charge in [0, 0.05) is 17.7 Å². The van der Waals surface area contributed by atoms with Crippen molar-refractivity contribution < 1.29 is 13.6 Å². The number of hydrogen-bond donors (Lipinski definition) is 0. The third-order valence-corrected chi connectivity index (χ3v) is 4.99. The summed E-state index contributed by atoms with van der Waals surface area (Å²) in [5, 5.41) is 8.49. The Hall–Kier alpha value is -2.80. The average Bonchev–Trinajstić information content (AvgIpc) is 3.05. The molecule has 4 nitrogen and oxygen atoms in total. The topological polar surface area (TPSA) is 47.8 Å². The molecule has 27 heavy (non-hydrogen) atoms. The van der Waals surface area contributed by atoms with E-state index in [0.717, 1.165) is 5.56 Å². The lowest BCUT2D eigenvalue weighted by molar-refractivity contribution is 0.0994. The van der Waals surface area contributed by atoms with Crippen molar-refractivity contribution in [1.29, 1.82) is 0 Å².